The van der Waals surface area contributed by atoms with Gasteiger partial charge in [-0.2, -0.15) is 0 Å². The molecule has 3 aromatic rings. The lowest BCUT2D eigenvalue weighted by molar-refractivity contribution is 0.00578. The number of hydrogen-bond acceptors (Lipinski definition) is 3. The number of benzene rings is 3. The average Bonchev–Trinajstić information content (AvgIpc) is 3.06. The zero-order valence-electron chi connectivity index (χ0n) is 20.5. The normalized spacial score (nSPS) is 16.8. The van der Waals surface area contributed by atoms with Gasteiger partial charge in [0.1, 0.15) is 0 Å². The predicted molar refractivity (Wildman–Crippen MR) is 145 cm³/mol. The van der Waals surface area contributed by atoms with Gasteiger partial charge in [-0.25, -0.2) is 0 Å². The largest absolute Gasteiger partial charge is 0.494 e. The van der Waals surface area contributed by atoms with Crippen LogP contribution in [0.2, 0.25) is 0 Å². The Labute approximate surface area is 204 Å². The summed E-state index contributed by atoms with van der Waals surface area (Å²) in [7, 11) is -0.389. The molecule has 1 saturated heterocycles. The van der Waals surface area contributed by atoms with Gasteiger partial charge in [-0.1, -0.05) is 73.8 Å². The third kappa shape index (κ3) is 4.65. The molecule has 0 radical (unpaired) electrons. The van der Waals surface area contributed by atoms with Crippen molar-refractivity contribution >= 4 is 24.0 Å². The molecule has 1 heterocycles. The number of allylic oxidation sites excluding steroid dienone is 3. The van der Waals surface area contributed by atoms with Gasteiger partial charge in [0.2, 0.25) is 0 Å². The Kier molecular flexibility index (Phi) is 6.65. The van der Waals surface area contributed by atoms with Crippen LogP contribution >= 0.6 is 0 Å². The predicted octanol–water partition coefficient (Wildman–Crippen LogP) is 7.05. The molecular formula is C30H32BNO2. The van der Waals surface area contributed by atoms with Crippen LogP contribution in [0.3, 0.4) is 0 Å². The van der Waals surface area contributed by atoms with Crippen LogP contribution in [0.1, 0.15) is 27.7 Å². The fourth-order valence-electron chi connectivity index (χ4n) is 4.00. The topological polar surface area (TPSA) is 21.7 Å². The molecule has 0 aromatic heterocycles. The van der Waals surface area contributed by atoms with Crippen LogP contribution in [-0.2, 0) is 9.31 Å². The number of hydrogen-bond donors (Lipinski definition) is 0. The van der Waals surface area contributed by atoms with Crippen molar-refractivity contribution in [1.82, 2.24) is 0 Å². The van der Waals surface area contributed by atoms with E-state index >= 15 is 0 Å². The molecule has 0 spiro atoms. The van der Waals surface area contributed by atoms with Gasteiger partial charge in [0.15, 0.2) is 0 Å². The highest BCUT2D eigenvalue weighted by atomic mass is 16.7. The van der Waals surface area contributed by atoms with E-state index in [0.29, 0.717) is 0 Å². The Morgan fingerprint density at radius 3 is 1.74 bits per heavy atom. The van der Waals surface area contributed by atoms with Crippen molar-refractivity contribution < 1.29 is 9.31 Å². The Morgan fingerprint density at radius 2 is 1.24 bits per heavy atom. The van der Waals surface area contributed by atoms with E-state index in [1.165, 1.54) is 11.1 Å². The van der Waals surface area contributed by atoms with Crippen molar-refractivity contribution in [3.05, 3.63) is 116 Å². The Balaban J connectivity index is 1.67. The first-order valence-electron chi connectivity index (χ1n) is 11.6. The van der Waals surface area contributed by atoms with Crippen molar-refractivity contribution in [1.29, 1.82) is 0 Å². The minimum atomic E-state index is -0.389. The molecule has 172 valence electrons. The van der Waals surface area contributed by atoms with E-state index < -0.39 is 0 Å². The Bertz CT molecular complexity index is 1160. The lowest BCUT2D eigenvalue weighted by Crippen LogP contribution is -2.41. The van der Waals surface area contributed by atoms with E-state index in [-0.39, 0.29) is 18.3 Å². The average molecular weight is 449 g/mol. The maximum atomic E-state index is 6.22. The minimum absolute atomic E-state index is 0.369. The first-order valence-corrected chi connectivity index (χ1v) is 11.6. The Morgan fingerprint density at radius 1 is 0.735 bits per heavy atom. The SMILES string of the molecule is C=C/C=C(\C=C)N(c1ccc(B2OC(C)(C)C(C)(C)O2)cc1)c1ccc(-c2ccccc2)cc1. The zero-order valence-corrected chi connectivity index (χ0v) is 20.5. The molecule has 0 amide bonds. The van der Waals surface area contributed by atoms with Crippen molar-refractivity contribution in [3.63, 3.8) is 0 Å². The molecule has 4 rings (SSSR count). The van der Waals surface area contributed by atoms with Crippen LogP contribution in [0.4, 0.5) is 11.4 Å². The van der Waals surface area contributed by atoms with Crippen LogP contribution in [-0.4, -0.2) is 18.3 Å². The molecule has 1 aliphatic rings. The van der Waals surface area contributed by atoms with Crippen molar-refractivity contribution in [2.45, 2.75) is 38.9 Å². The van der Waals surface area contributed by atoms with E-state index in [1.54, 1.807) is 6.08 Å². The van der Waals surface area contributed by atoms with Crippen molar-refractivity contribution in [2.75, 3.05) is 4.90 Å². The molecule has 0 N–H and O–H groups in total. The van der Waals surface area contributed by atoms with Gasteiger partial charge in [-0.3, -0.25) is 0 Å². The summed E-state index contributed by atoms with van der Waals surface area (Å²) in [6.45, 7) is 16.2. The highest BCUT2D eigenvalue weighted by molar-refractivity contribution is 6.62. The van der Waals surface area contributed by atoms with Crippen LogP contribution < -0.4 is 10.4 Å². The third-order valence-corrected chi connectivity index (χ3v) is 6.67. The molecule has 4 heteroatoms. The molecule has 0 atom stereocenters. The second kappa shape index (κ2) is 9.50. The summed E-state index contributed by atoms with van der Waals surface area (Å²) in [6.07, 6.45) is 5.58. The van der Waals surface area contributed by atoms with Gasteiger partial charge in [0.25, 0.3) is 0 Å². The molecule has 3 nitrogen and oxygen atoms in total. The van der Waals surface area contributed by atoms with Crippen LogP contribution in [0.15, 0.2) is 116 Å². The van der Waals surface area contributed by atoms with Crippen LogP contribution in [0, 0.1) is 0 Å². The zero-order chi connectivity index (χ0) is 24.3. The first kappa shape index (κ1) is 23.8. The monoisotopic (exact) mass is 449 g/mol. The summed E-state index contributed by atoms with van der Waals surface area (Å²) < 4.78 is 12.4. The number of nitrogens with zero attached hydrogens (tertiary/aromatic N) is 1. The quantitative estimate of drug-likeness (QED) is 0.285. The molecule has 0 aliphatic carbocycles. The van der Waals surface area contributed by atoms with Gasteiger partial charge in [-0.05, 0) is 80.7 Å². The molecule has 3 aromatic carbocycles. The van der Waals surface area contributed by atoms with Crippen LogP contribution in [0.5, 0.6) is 0 Å². The minimum Gasteiger partial charge on any atom is -0.399 e. The van der Waals surface area contributed by atoms with E-state index in [1.807, 2.05) is 18.2 Å². The lowest BCUT2D eigenvalue weighted by Gasteiger charge is -2.32. The van der Waals surface area contributed by atoms with Gasteiger partial charge >= 0.3 is 7.12 Å². The molecule has 1 aliphatic heterocycles. The van der Waals surface area contributed by atoms with Crippen molar-refractivity contribution in [3.8, 4) is 11.1 Å². The second-order valence-electron chi connectivity index (χ2n) is 9.46. The summed E-state index contributed by atoms with van der Waals surface area (Å²) in [4.78, 5) is 2.16. The van der Waals surface area contributed by atoms with Gasteiger partial charge < -0.3 is 14.2 Å². The number of rotatable bonds is 7. The molecule has 0 saturated carbocycles. The molecular weight excluding hydrogens is 417 g/mol. The summed E-state index contributed by atoms with van der Waals surface area (Å²) in [6, 6.07) is 27.2. The van der Waals surface area contributed by atoms with Crippen LogP contribution in [0.25, 0.3) is 11.1 Å². The smallest absolute Gasteiger partial charge is 0.399 e. The third-order valence-electron chi connectivity index (χ3n) is 6.67. The maximum absolute atomic E-state index is 6.22. The molecule has 34 heavy (non-hydrogen) atoms. The highest BCUT2D eigenvalue weighted by Gasteiger charge is 2.51. The van der Waals surface area contributed by atoms with Gasteiger partial charge in [0, 0.05) is 17.1 Å². The van der Waals surface area contributed by atoms with E-state index in [2.05, 4.69) is 119 Å². The van der Waals surface area contributed by atoms with E-state index in [9.17, 15) is 0 Å². The summed E-state index contributed by atoms with van der Waals surface area (Å²) in [5, 5.41) is 0. The van der Waals surface area contributed by atoms with E-state index in [4.69, 9.17) is 9.31 Å². The van der Waals surface area contributed by atoms with Gasteiger partial charge in [0.05, 0.1) is 11.2 Å². The summed E-state index contributed by atoms with van der Waals surface area (Å²) >= 11 is 0. The summed E-state index contributed by atoms with van der Waals surface area (Å²) in [5.41, 5.74) is 5.61. The fraction of sp³-hybridized carbons (Fsp3) is 0.200. The standard InChI is InChI=1S/C30H32BNO2/c1-7-12-26(8-2)32(27-19-15-24(16-20-27)23-13-10-9-11-14-23)28-21-17-25(18-22-28)31-33-29(3,4)30(5,6)34-31/h7-22H,1-2H2,3-6H3/b26-12+. The highest BCUT2D eigenvalue weighted by Crippen LogP contribution is 2.37. The summed E-state index contributed by atoms with van der Waals surface area (Å²) in [5.74, 6) is 0. The molecule has 0 bridgehead atoms. The van der Waals surface area contributed by atoms with Crippen molar-refractivity contribution in [2.24, 2.45) is 0 Å². The lowest BCUT2D eigenvalue weighted by atomic mass is 9.79. The fourth-order valence-corrected chi connectivity index (χ4v) is 4.00. The number of anilines is 2. The van der Waals surface area contributed by atoms with E-state index in [0.717, 1.165) is 22.5 Å². The maximum Gasteiger partial charge on any atom is 0.494 e. The molecule has 1 fully saturated rings. The first-order chi connectivity index (χ1) is 16.3. The molecule has 0 unspecified atom stereocenters. The Hall–Kier alpha value is -3.34. The second-order valence-corrected chi connectivity index (χ2v) is 9.46. The van der Waals surface area contributed by atoms with Gasteiger partial charge in [-0.15, -0.1) is 0 Å².